The van der Waals surface area contributed by atoms with Crippen LogP contribution in [0.4, 0.5) is 0 Å². The number of carbonyl (C=O) groups is 1. The summed E-state index contributed by atoms with van der Waals surface area (Å²) in [7, 11) is -0.529. The Morgan fingerprint density at radius 2 is 2.07 bits per heavy atom. The van der Waals surface area contributed by atoms with E-state index in [2.05, 4.69) is 12.1 Å². The molecule has 0 N–H and O–H groups in total. The lowest BCUT2D eigenvalue weighted by atomic mass is 10.4. The third kappa shape index (κ3) is 3.34. The molecule has 14 heavy (non-hydrogen) atoms. The molecule has 1 aromatic rings. The second kappa shape index (κ2) is 5.60. The van der Waals surface area contributed by atoms with E-state index in [4.69, 9.17) is 4.74 Å². The van der Waals surface area contributed by atoms with Crippen LogP contribution in [-0.4, -0.2) is 22.1 Å². The zero-order valence-electron chi connectivity index (χ0n) is 8.69. The van der Waals surface area contributed by atoms with E-state index in [9.17, 15) is 4.79 Å². The van der Waals surface area contributed by atoms with Crippen molar-refractivity contribution in [3.8, 4) is 0 Å². The van der Waals surface area contributed by atoms with Crippen molar-refractivity contribution >= 4 is 20.7 Å². The van der Waals surface area contributed by atoms with Gasteiger partial charge >= 0.3 is 5.97 Å². The van der Waals surface area contributed by atoms with Crippen molar-refractivity contribution in [2.24, 2.45) is 0 Å². The van der Waals surface area contributed by atoms with Gasteiger partial charge in [-0.25, -0.2) is 0 Å². The molecule has 0 saturated heterocycles. The average molecular weight is 208 g/mol. The molecule has 1 rings (SSSR count). The van der Waals surface area contributed by atoms with E-state index < -0.39 is 9.52 Å². The van der Waals surface area contributed by atoms with Crippen LogP contribution in [0.15, 0.2) is 30.3 Å². The number of hydrogen-bond donors (Lipinski definition) is 0. The van der Waals surface area contributed by atoms with Crippen LogP contribution in [0.3, 0.4) is 0 Å². The fraction of sp³-hybridized carbons (Fsp3) is 0.364. The number of esters is 1. The molecule has 0 radical (unpaired) electrons. The van der Waals surface area contributed by atoms with Crippen LogP contribution in [-0.2, 0) is 9.53 Å². The van der Waals surface area contributed by atoms with E-state index in [0.29, 0.717) is 6.61 Å². The molecule has 1 unspecified atom stereocenters. The second-order valence-electron chi connectivity index (χ2n) is 3.34. The lowest BCUT2D eigenvalue weighted by molar-refractivity contribution is -0.142. The van der Waals surface area contributed by atoms with Gasteiger partial charge in [-0.15, -0.1) is 0 Å². The predicted octanol–water partition coefficient (Wildman–Crippen LogP) is 0.852. The van der Waals surface area contributed by atoms with Crippen molar-refractivity contribution in [1.82, 2.24) is 0 Å². The first kappa shape index (κ1) is 11.0. The normalized spacial score (nSPS) is 13.0. The van der Waals surface area contributed by atoms with Crippen LogP contribution >= 0.6 is 0 Å². The highest BCUT2D eigenvalue weighted by molar-refractivity contribution is 6.58. The fourth-order valence-corrected chi connectivity index (χ4v) is 2.87. The molecule has 3 heteroatoms. The van der Waals surface area contributed by atoms with Crippen molar-refractivity contribution in [3.05, 3.63) is 30.3 Å². The molecule has 0 spiro atoms. The van der Waals surface area contributed by atoms with Crippen molar-refractivity contribution in [2.45, 2.75) is 19.4 Å². The number of hydrogen-bond acceptors (Lipinski definition) is 2. The van der Waals surface area contributed by atoms with Gasteiger partial charge in [0.25, 0.3) is 0 Å². The highest BCUT2D eigenvalue weighted by Crippen LogP contribution is 2.03. The molecule has 0 heterocycles. The second-order valence-corrected chi connectivity index (χ2v) is 5.79. The van der Waals surface area contributed by atoms with Gasteiger partial charge in [0.2, 0.25) is 0 Å². The summed E-state index contributed by atoms with van der Waals surface area (Å²) in [5.41, 5.74) is 0.0809. The van der Waals surface area contributed by atoms with Gasteiger partial charge in [0, 0.05) is 5.54 Å². The maximum absolute atomic E-state index is 11.4. The van der Waals surface area contributed by atoms with Gasteiger partial charge in [-0.1, -0.05) is 42.4 Å². The van der Waals surface area contributed by atoms with Gasteiger partial charge in [-0.05, 0) is 6.92 Å². The van der Waals surface area contributed by atoms with E-state index in [0.717, 1.165) is 0 Å². The minimum absolute atomic E-state index is 0.0528. The highest BCUT2D eigenvalue weighted by Gasteiger charge is 2.14. The zero-order chi connectivity index (χ0) is 10.4. The van der Waals surface area contributed by atoms with Gasteiger partial charge < -0.3 is 4.74 Å². The quantitative estimate of drug-likeness (QED) is 0.542. The predicted molar refractivity (Wildman–Crippen MR) is 60.7 cm³/mol. The molecule has 0 fully saturated rings. The van der Waals surface area contributed by atoms with Gasteiger partial charge in [0.15, 0.2) is 0 Å². The minimum atomic E-state index is -0.529. The van der Waals surface area contributed by atoms with Crippen molar-refractivity contribution in [2.75, 3.05) is 6.61 Å². The third-order valence-corrected chi connectivity index (χ3v) is 3.96. The summed E-state index contributed by atoms with van der Waals surface area (Å²) < 4.78 is 4.97. The Morgan fingerprint density at radius 1 is 1.43 bits per heavy atom. The molecule has 0 aromatic heterocycles. The summed E-state index contributed by atoms with van der Waals surface area (Å²) in [6.45, 7) is 4.28. The van der Waals surface area contributed by atoms with Crippen LogP contribution < -0.4 is 5.19 Å². The standard InChI is InChI=1S/C11H16O2Si/c1-3-13-11(12)9(2)14-10-7-5-4-6-8-10/h4-9H,3,14H2,1-2H3. The Balaban J connectivity index is 2.49. The third-order valence-electron chi connectivity index (χ3n) is 2.07. The number of rotatable bonds is 4. The Kier molecular flexibility index (Phi) is 4.39. The first-order valence-electron chi connectivity index (χ1n) is 4.94. The molecule has 76 valence electrons. The first-order chi connectivity index (χ1) is 6.74. The Hall–Kier alpha value is -1.09. The summed E-state index contributed by atoms with van der Waals surface area (Å²) in [6, 6.07) is 10.2. The van der Waals surface area contributed by atoms with Gasteiger partial charge in [-0.3, -0.25) is 4.79 Å². The summed E-state index contributed by atoms with van der Waals surface area (Å²) in [4.78, 5) is 11.4. The van der Waals surface area contributed by atoms with Crippen LogP contribution in [0.1, 0.15) is 13.8 Å². The molecule has 0 amide bonds. The molecule has 2 nitrogen and oxygen atoms in total. The molecular weight excluding hydrogens is 192 g/mol. The Bertz CT molecular complexity index is 285. The number of ether oxygens (including phenoxy) is 1. The van der Waals surface area contributed by atoms with E-state index in [1.54, 1.807) is 0 Å². The van der Waals surface area contributed by atoms with E-state index in [1.807, 2.05) is 32.0 Å². The Labute approximate surface area is 87.1 Å². The Morgan fingerprint density at radius 3 is 2.64 bits per heavy atom. The molecule has 0 aliphatic rings. The largest absolute Gasteiger partial charge is 0.466 e. The SMILES string of the molecule is CCOC(=O)C(C)[SiH2]c1ccccc1. The molecular formula is C11H16O2Si. The molecule has 0 saturated carbocycles. The lowest BCUT2D eigenvalue weighted by Crippen LogP contribution is -2.24. The van der Waals surface area contributed by atoms with Gasteiger partial charge in [0.1, 0.15) is 0 Å². The van der Waals surface area contributed by atoms with E-state index in [-0.39, 0.29) is 11.5 Å². The molecule has 0 bridgehead atoms. The maximum Gasteiger partial charge on any atom is 0.305 e. The molecule has 0 aliphatic carbocycles. The summed E-state index contributed by atoms with van der Waals surface area (Å²) >= 11 is 0. The van der Waals surface area contributed by atoms with Crippen molar-refractivity contribution in [3.63, 3.8) is 0 Å². The summed E-state index contributed by atoms with van der Waals surface area (Å²) in [6.07, 6.45) is 0. The average Bonchev–Trinajstić information content (AvgIpc) is 2.19. The molecule has 1 aromatic carbocycles. The topological polar surface area (TPSA) is 26.3 Å². The minimum Gasteiger partial charge on any atom is -0.466 e. The highest BCUT2D eigenvalue weighted by atomic mass is 28.2. The first-order valence-corrected chi connectivity index (χ1v) is 6.47. The molecule has 0 aliphatic heterocycles. The molecule has 1 atom stereocenters. The van der Waals surface area contributed by atoms with E-state index in [1.165, 1.54) is 5.19 Å². The summed E-state index contributed by atoms with van der Waals surface area (Å²) in [5, 5.41) is 1.31. The van der Waals surface area contributed by atoms with E-state index >= 15 is 0 Å². The van der Waals surface area contributed by atoms with Gasteiger partial charge in [0.05, 0.1) is 16.1 Å². The van der Waals surface area contributed by atoms with Crippen molar-refractivity contribution in [1.29, 1.82) is 0 Å². The van der Waals surface area contributed by atoms with Crippen LogP contribution in [0, 0.1) is 0 Å². The van der Waals surface area contributed by atoms with Crippen LogP contribution in [0.2, 0.25) is 5.54 Å². The van der Waals surface area contributed by atoms with Crippen molar-refractivity contribution < 1.29 is 9.53 Å². The zero-order valence-corrected chi connectivity index (χ0v) is 10.1. The summed E-state index contributed by atoms with van der Waals surface area (Å²) in [5.74, 6) is -0.0528. The van der Waals surface area contributed by atoms with Crippen LogP contribution in [0.25, 0.3) is 0 Å². The van der Waals surface area contributed by atoms with Gasteiger partial charge in [-0.2, -0.15) is 0 Å². The lowest BCUT2D eigenvalue weighted by Gasteiger charge is -2.09. The monoisotopic (exact) mass is 208 g/mol. The smallest absolute Gasteiger partial charge is 0.305 e. The number of carbonyl (C=O) groups excluding carboxylic acids is 1. The van der Waals surface area contributed by atoms with Crippen LogP contribution in [0.5, 0.6) is 0 Å². The number of benzene rings is 1. The maximum atomic E-state index is 11.4. The fourth-order valence-electron chi connectivity index (χ4n) is 1.34.